The molecular weight excluding hydrogens is 483 g/mol. The van der Waals surface area contributed by atoms with Gasteiger partial charge in [0.05, 0.1) is 10.4 Å². The molecule has 36 heavy (non-hydrogen) atoms. The molecule has 1 aliphatic heterocycles. The zero-order valence-corrected chi connectivity index (χ0v) is 20.0. The van der Waals surface area contributed by atoms with Crippen LogP contribution in [0.15, 0.2) is 84.8 Å². The van der Waals surface area contributed by atoms with Gasteiger partial charge in [0.15, 0.2) is 0 Å². The van der Waals surface area contributed by atoms with Crippen LogP contribution in [0.3, 0.4) is 0 Å². The lowest BCUT2D eigenvalue weighted by molar-refractivity contribution is -0.125. The molecule has 0 atom stereocenters. The Bertz CT molecular complexity index is 1530. The van der Waals surface area contributed by atoms with Crippen LogP contribution in [0.4, 0.5) is 15.9 Å². The van der Waals surface area contributed by atoms with Crippen molar-refractivity contribution in [1.29, 1.82) is 0 Å². The highest BCUT2D eigenvalue weighted by Gasteiger charge is 2.25. The predicted octanol–water partition coefficient (Wildman–Crippen LogP) is 3.19. The molecule has 0 radical (unpaired) electrons. The van der Waals surface area contributed by atoms with Crippen molar-refractivity contribution in [3.63, 3.8) is 0 Å². The second-order valence-electron chi connectivity index (χ2n) is 8.28. The Morgan fingerprint density at radius 1 is 1.00 bits per heavy atom. The maximum absolute atomic E-state index is 14.0. The third kappa shape index (κ3) is 4.52. The van der Waals surface area contributed by atoms with E-state index >= 15 is 0 Å². The van der Waals surface area contributed by atoms with Crippen LogP contribution in [-0.4, -0.2) is 59.9 Å². The first-order valence-electron chi connectivity index (χ1n) is 11.2. The van der Waals surface area contributed by atoms with Gasteiger partial charge in [-0.15, -0.1) is 0 Å². The Morgan fingerprint density at radius 3 is 2.44 bits per heavy atom. The van der Waals surface area contributed by atoms with Gasteiger partial charge in [0, 0.05) is 49.6 Å². The average molecular weight is 507 g/mol. The number of hydrogen-bond acceptors (Lipinski definition) is 6. The van der Waals surface area contributed by atoms with Crippen LogP contribution in [0.5, 0.6) is 0 Å². The number of nitrogens with one attached hydrogen (secondary N) is 1. The number of nitrogens with zero attached hydrogens (tertiary/aromatic N) is 5. The third-order valence-electron chi connectivity index (χ3n) is 6.12. The van der Waals surface area contributed by atoms with Gasteiger partial charge in [0.2, 0.25) is 0 Å². The predicted molar refractivity (Wildman–Crippen MR) is 135 cm³/mol. The normalized spacial score (nSPS) is 14.1. The van der Waals surface area contributed by atoms with E-state index in [1.54, 1.807) is 46.0 Å². The van der Waals surface area contributed by atoms with E-state index in [1.165, 1.54) is 36.8 Å². The van der Waals surface area contributed by atoms with Gasteiger partial charge in [-0.3, -0.25) is 9.52 Å². The highest BCUT2D eigenvalue weighted by Crippen LogP contribution is 2.24. The van der Waals surface area contributed by atoms with Gasteiger partial charge in [-0.2, -0.15) is 0 Å². The van der Waals surface area contributed by atoms with Gasteiger partial charge < -0.3 is 14.4 Å². The number of aromatic nitrogens is 3. The molecule has 3 heterocycles. The molecule has 1 fully saturated rings. The van der Waals surface area contributed by atoms with E-state index in [4.69, 9.17) is 0 Å². The molecule has 1 amide bonds. The maximum Gasteiger partial charge on any atom is 0.270 e. The fourth-order valence-electron chi connectivity index (χ4n) is 4.20. The minimum atomic E-state index is -3.78. The molecular formula is C25H23FN6O3S. The molecule has 2 aromatic carbocycles. The molecule has 5 rings (SSSR count). The van der Waals surface area contributed by atoms with E-state index in [2.05, 4.69) is 26.2 Å². The van der Waals surface area contributed by atoms with Crippen LogP contribution < -0.4 is 9.62 Å². The monoisotopic (exact) mass is 506 g/mol. The molecule has 9 nitrogen and oxygen atoms in total. The van der Waals surface area contributed by atoms with Gasteiger partial charge in [-0.25, -0.2) is 22.8 Å². The Morgan fingerprint density at radius 2 is 1.75 bits per heavy atom. The van der Waals surface area contributed by atoms with Crippen LogP contribution in [0.2, 0.25) is 0 Å². The molecule has 1 aliphatic rings. The first kappa shape index (κ1) is 23.5. The summed E-state index contributed by atoms with van der Waals surface area (Å²) in [5, 5.41) is 0.439. The van der Waals surface area contributed by atoms with Crippen LogP contribution in [-0.2, 0) is 14.8 Å². The van der Waals surface area contributed by atoms with E-state index in [9.17, 15) is 17.6 Å². The number of carbonyl (C=O) groups excluding carboxylic acids is 1. The van der Waals surface area contributed by atoms with E-state index in [-0.39, 0.29) is 28.1 Å². The van der Waals surface area contributed by atoms with Gasteiger partial charge in [0.1, 0.15) is 23.7 Å². The van der Waals surface area contributed by atoms with Crippen molar-refractivity contribution in [3.05, 3.63) is 85.7 Å². The smallest absolute Gasteiger partial charge is 0.270 e. The number of hydrogen-bond donors (Lipinski definition) is 1. The minimum Gasteiger partial charge on any atom is -0.368 e. The van der Waals surface area contributed by atoms with E-state index in [1.807, 2.05) is 0 Å². The molecule has 11 heteroatoms. The summed E-state index contributed by atoms with van der Waals surface area (Å²) in [5.74, 6) is -0.369. The number of benzene rings is 2. The average Bonchev–Trinajstić information content (AvgIpc) is 3.34. The SMILES string of the molecule is C=C(C(=O)N1CCN(c2ccc(S(=O)(=O)Nc3ccncn3)cc2)CC1)n1ccc2c(F)cccc21. The highest BCUT2D eigenvalue weighted by molar-refractivity contribution is 7.92. The zero-order valence-electron chi connectivity index (χ0n) is 19.2. The molecule has 0 bridgehead atoms. The number of piperazine rings is 1. The van der Waals surface area contributed by atoms with Gasteiger partial charge >= 0.3 is 0 Å². The minimum absolute atomic E-state index is 0.116. The standard InChI is InChI=1S/C25H23FN6O3S/c1-18(32-12-10-21-22(26)3-2-4-23(21)32)25(33)31-15-13-30(14-16-31)19-5-7-20(8-6-19)36(34,35)29-24-9-11-27-17-28-24/h2-12,17H,1,13-16H2,(H,27,28,29). The highest BCUT2D eigenvalue weighted by atomic mass is 32.2. The topological polar surface area (TPSA) is 100 Å². The first-order chi connectivity index (χ1) is 17.3. The fourth-order valence-corrected chi connectivity index (χ4v) is 5.21. The lowest BCUT2D eigenvalue weighted by Gasteiger charge is -2.36. The number of anilines is 2. The van der Waals surface area contributed by atoms with Crippen LogP contribution in [0.1, 0.15) is 0 Å². The Balaban J connectivity index is 1.22. The quantitative estimate of drug-likeness (QED) is 0.403. The second-order valence-corrected chi connectivity index (χ2v) is 9.96. The summed E-state index contributed by atoms with van der Waals surface area (Å²) in [6, 6.07) is 14.4. The number of fused-ring (bicyclic) bond motifs is 1. The van der Waals surface area contributed by atoms with E-state index < -0.39 is 10.0 Å². The second kappa shape index (κ2) is 9.42. The molecule has 0 aliphatic carbocycles. The van der Waals surface area contributed by atoms with E-state index in [0.29, 0.717) is 37.1 Å². The number of halogens is 1. The molecule has 184 valence electrons. The molecule has 1 N–H and O–H groups in total. The Kier molecular flexibility index (Phi) is 6.15. The number of carbonyl (C=O) groups is 1. The first-order valence-corrected chi connectivity index (χ1v) is 12.7. The van der Waals surface area contributed by atoms with E-state index in [0.717, 1.165) is 5.69 Å². The Labute approximate surface area is 207 Å². The molecule has 2 aromatic heterocycles. The number of amides is 1. The van der Waals surface area contributed by atoms with Crippen LogP contribution >= 0.6 is 0 Å². The maximum atomic E-state index is 14.0. The Hall–Kier alpha value is -4.25. The van der Waals surface area contributed by atoms with Crippen molar-refractivity contribution >= 4 is 44.0 Å². The van der Waals surface area contributed by atoms with Crippen molar-refractivity contribution in [1.82, 2.24) is 19.4 Å². The van der Waals surface area contributed by atoms with Crippen molar-refractivity contribution in [3.8, 4) is 0 Å². The molecule has 0 unspecified atom stereocenters. The zero-order chi connectivity index (χ0) is 25.3. The summed E-state index contributed by atoms with van der Waals surface area (Å²) in [6.07, 6.45) is 4.37. The summed E-state index contributed by atoms with van der Waals surface area (Å²) < 4.78 is 43.3. The van der Waals surface area contributed by atoms with Gasteiger partial charge in [-0.05, 0) is 48.5 Å². The summed E-state index contributed by atoms with van der Waals surface area (Å²) in [4.78, 5) is 24.7. The van der Waals surface area contributed by atoms with Gasteiger partial charge in [-0.1, -0.05) is 12.6 Å². The van der Waals surface area contributed by atoms with Gasteiger partial charge in [0.25, 0.3) is 15.9 Å². The number of rotatable bonds is 6. The lowest BCUT2D eigenvalue weighted by Crippen LogP contribution is -2.49. The van der Waals surface area contributed by atoms with Crippen molar-refractivity contribution in [2.24, 2.45) is 0 Å². The summed E-state index contributed by atoms with van der Waals surface area (Å²) in [5.41, 5.74) is 1.71. The van der Waals surface area contributed by atoms with Crippen molar-refractivity contribution in [2.75, 3.05) is 35.8 Å². The van der Waals surface area contributed by atoms with Crippen molar-refractivity contribution < 1.29 is 17.6 Å². The number of sulfonamides is 1. The lowest BCUT2D eigenvalue weighted by atomic mass is 10.2. The van der Waals surface area contributed by atoms with Crippen LogP contribution in [0, 0.1) is 5.82 Å². The van der Waals surface area contributed by atoms with Crippen LogP contribution in [0.25, 0.3) is 16.6 Å². The largest absolute Gasteiger partial charge is 0.368 e. The molecule has 0 saturated carbocycles. The summed E-state index contributed by atoms with van der Waals surface area (Å²) >= 11 is 0. The third-order valence-corrected chi connectivity index (χ3v) is 7.49. The molecule has 4 aromatic rings. The molecule has 0 spiro atoms. The fraction of sp³-hybridized carbons (Fsp3) is 0.160. The summed E-state index contributed by atoms with van der Waals surface area (Å²) in [7, 11) is -3.78. The molecule has 1 saturated heterocycles. The van der Waals surface area contributed by atoms with Crippen molar-refractivity contribution in [2.45, 2.75) is 4.90 Å². The summed E-state index contributed by atoms with van der Waals surface area (Å²) in [6.45, 7) is 6.05.